The molecule has 2 unspecified atom stereocenters. The van der Waals surface area contributed by atoms with Gasteiger partial charge in [-0.25, -0.2) is 13.1 Å². The average Bonchev–Trinajstić information content (AvgIpc) is 2.99. The van der Waals surface area contributed by atoms with Crippen molar-refractivity contribution >= 4 is 33.1 Å². The lowest BCUT2D eigenvalue weighted by atomic mass is 10.3. The first kappa shape index (κ1) is 15.3. The number of sulfonamides is 1. The van der Waals surface area contributed by atoms with Gasteiger partial charge in [-0.3, -0.25) is 0 Å². The zero-order chi connectivity index (χ0) is 13.9. The summed E-state index contributed by atoms with van der Waals surface area (Å²) in [6.45, 7) is 1.86. The number of hydrogen-bond donors (Lipinski definition) is 2. The summed E-state index contributed by atoms with van der Waals surface area (Å²) in [7, 11) is -3.51. The van der Waals surface area contributed by atoms with E-state index in [0.717, 1.165) is 25.0 Å². The third kappa shape index (κ3) is 3.52. The molecule has 0 amide bonds. The van der Waals surface area contributed by atoms with Crippen LogP contribution in [0.3, 0.4) is 0 Å². The molecule has 1 aliphatic rings. The van der Waals surface area contributed by atoms with E-state index in [-0.39, 0.29) is 17.5 Å². The lowest BCUT2D eigenvalue weighted by molar-refractivity contribution is 0.282. The van der Waals surface area contributed by atoms with Gasteiger partial charge in [0.05, 0.1) is 11.5 Å². The maximum atomic E-state index is 12.4. The van der Waals surface area contributed by atoms with Crippen LogP contribution in [0.5, 0.6) is 0 Å². The second-order valence-corrected chi connectivity index (χ2v) is 8.72. The van der Waals surface area contributed by atoms with Crippen molar-refractivity contribution in [1.82, 2.24) is 4.72 Å². The van der Waals surface area contributed by atoms with Crippen LogP contribution in [-0.4, -0.2) is 30.6 Å². The summed E-state index contributed by atoms with van der Waals surface area (Å²) in [6, 6.07) is 1.58. The maximum Gasteiger partial charge on any atom is 0.242 e. The molecule has 108 valence electrons. The Labute approximate surface area is 122 Å². The van der Waals surface area contributed by atoms with E-state index in [9.17, 15) is 13.5 Å². The first-order valence-electron chi connectivity index (χ1n) is 6.39. The summed E-state index contributed by atoms with van der Waals surface area (Å²) in [4.78, 5) is 0.734. The predicted molar refractivity (Wildman–Crippen MR) is 80.1 cm³/mol. The predicted octanol–water partition coefficient (Wildman–Crippen LogP) is 2.19. The second-order valence-electron chi connectivity index (χ2n) is 4.52. The molecule has 1 aromatic heterocycles. The molecular weight excluding hydrogens is 302 g/mol. The normalized spacial score (nSPS) is 23.9. The van der Waals surface area contributed by atoms with Crippen molar-refractivity contribution in [3.8, 4) is 0 Å². The monoisotopic (exact) mass is 321 g/mol. The fourth-order valence-electron chi connectivity index (χ4n) is 2.42. The molecule has 1 fully saturated rings. The van der Waals surface area contributed by atoms with E-state index < -0.39 is 10.0 Å². The molecule has 1 aliphatic carbocycles. The summed E-state index contributed by atoms with van der Waals surface area (Å²) >= 11 is 3.09. The largest absolute Gasteiger partial charge is 0.391 e. The minimum Gasteiger partial charge on any atom is -0.391 e. The van der Waals surface area contributed by atoms with Crippen LogP contribution in [0.15, 0.2) is 16.3 Å². The molecule has 0 aromatic carbocycles. The Kier molecular flexibility index (Phi) is 5.30. The Balaban J connectivity index is 2.13. The number of rotatable bonds is 6. The number of aliphatic hydroxyl groups is 1. The highest BCUT2D eigenvalue weighted by atomic mass is 32.2. The number of hydrogen-bond acceptors (Lipinski definition) is 5. The molecule has 0 radical (unpaired) electrons. The molecule has 1 aromatic rings. The Morgan fingerprint density at radius 3 is 3.00 bits per heavy atom. The summed E-state index contributed by atoms with van der Waals surface area (Å²) in [5.41, 5.74) is 0. The highest BCUT2D eigenvalue weighted by molar-refractivity contribution is 8.00. The van der Waals surface area contributed by atoms with Crippen LogP contribution < -0.4 is 4.72 Å². The van der Waals surface area contributed by atoms with Gasteiger partial charge in [-0.15, -0.1) is 11.3 Å². The minimum absolute atomic E-state index is 0.0152. The topological polar surface area (TPSA) is 66.4 Å². The Hall–Kier alpha value is -0.0800. The van der Waals surface area contributed by atoms with Gasteiger partial charge >= 0.3 is 0 Å². The van der Waals surface area contributed by atoms with E-state index >= 15 is 0 Å². The Morgan fingerprint density at radius 2 is 2.32 bits per heavy atom. The van der Waals surface area contributed by atoms with E-state index in [0.29, 0.717) is 10.1 Å². The van der Waals surface area contributed by atoms with Crippen LogP contribution in [0.4, 0.5) is 0 Å². The molecule has 2 atom stereocenters. The van der Waals surface area contributed by atoms with Gasteiger partial charge in [-0.05, 0) is 30.0 Å². The molecule has 2 rings (SSSR count). The molecule has 0 saturated heterocycles. The lowest BCUT2D eigenvalue weighted by Gasteiger charge is -2.20. The highest BCUT2D eigenvalue weighted by Gasteiger charge is 2.32. The molecule has 0 bridgehead atoms. The van der Waals surface area contributed by atoms with Gasteiger partial charge in [-0.2, -0.15) is 11.8 Å². The van der Waals surface area contributed by atoms with Gasteiger partial charge in [-0.1, -0.05) is 13.3 Å². The van der Waals surface area contributed by atoms with Crippen LogP contribution in [0.1, 0.15) is 31.1 Å². The first-order valence-corrected chi connectivity index (χ1v) is 9.80. The first-order chi connectivity index (χ1) is 9.08. The second kappa shape index (κ2) is 6.58. The van der Waals surface area contributed by atoms with Gasteiger partial charge in [0, 0.05) is 16.2 Å². The minimum atomic E-state index is -3.51. The number of nitrogens with one attached hydrogen (secondary N) is 1. The van der Waals surface area contributed by atoms with E-state index in [1.165, 1.54) is 11.3 Å². The molecule has 1 saturated carbocycles. The van der Waals surface area contributed by atoms with Crippen LogP contribution in [-0.2, 0) is 16.6 Å². The summed E-state index contributed by atoms with van der Waals surface area (Å²) in [6.07, 6.45) is 3.04. The fourth-order valence-corrected chi connectivity index (χ4v) is 6.31. The van der Waals surface area contributed by atoms with Crippen LogP contribution >= 0.6 is 23.1 Å². The SMILES string of the molecule is CCSC1CCCC1NS(=O)(=O)c1ccsc1CO. The van der Waals surface area contributed by atoms with Gasteiger partial charge in [0.25, 0.3) is 0 Å². The number of thiophene rings is 1. The number of aliphatic hydroxyl groups excluding tert-OH is 1. The van der Waals surface area contributed by atoms with Crippen molar-refractivity contribution in [3.05, 3.63) is 16.3 Å². The maximum absolute atomic E-state index is 12.4. The van der Waals surface area contributed by atoms with Crippen molar-refractivity contribution in [2.75, 3.05) is 5.75 Å². The number of thioether (sulfide) groups is 1. The highest BCUT2D eigenvalue weighted by Crippen LogP contribution is 2.31. The average molecular weight is 321 g/mol. The molecule has 7 heteroatoms. The smallest absolute Gasteiger partial charge is 0.242 e. The van der Waals surface area contributed by atoms with Crippen molar-refractivity contribution in [1.29, 1.82) is 0 Å². The standard InChI is InChI=1S/C12H19NO3S3/c1-2-17-10-5-3-4-9(10)13-19(15,16)12-6-7-18-11(12)8-14/h6-7,9-10,13-14H,2-5,8H2,1H3. The molecular formula is C12H19NO3S3. The van der Waals surface area contributed by atoms with Gasteiger partial charge < -0.3 is 5.11 Å². The van der Waals surface area contributed by atoms with E-state index in [1.807, 2.05) is 11.8 Å². The summed E-state index contributed by atoms with van der Waals surface area (Å²) in [5.74, 6) is 1.00. The van der Waals surface area contributed by atoms with Crippen molar-refractivity contribution in [2.45, 2.75) is 49.0 Å². The zero-order valence-corrected chi connectivity index (χ0v) is 13.3. The van der Waals surface area contributed by atoms with Crippen molar-refractivity contribution in [3.63, 3.8) is 0 Å². The van der Waals surface area contributed by atoms with Gasteiger partial charge in [0.15, 0.2) is 0 Å². The fraction of sp³-hybridized carbons (Fsp3) is 0.667. The Morgan fingerprint density at radius 1 is 1.53 bits per heavy atom. The summed E-state index contributed by atoms with van der Waals surface area (Å²) < 4.78 is 27.5. The van der Waals surface area contributed by atoms with Gasteiger partial charge in [0.1, 0.15) is 0 Å². The van der Waals surface area contributed by atoms with Crippen molar-refractivity contribution in [2.24, 2.45) is 0 Å². The zero-order valence-electron chi connectivity index (χ0n) is 10.8. The van der Waals surface area contributed by atoms with Crippen LogP contribution in [0.25, 0.3) is 0 Å². The van der Waals surface area contributed by atoms with Crippen LogP contribution in [0, 0.1) is 0 Å². The van der Waals surface area contributed by atoms with E-state index in [4.69, 9.17) is 0 Å². The molecule has 0 aliphatic heterocycles. The summed E-state index contributed by atoms with van der Waals surface area (Å²) in [5, 5.41) is 11.3. The molecule has 1 heterocycles. The van der Waals surface area contributed by atoms with E-state index in [2.05, 4.69) is 11.6 Å². The molecule has 4 nitrogen and oxygen atoms in total. The molecule has 0 spiro atoms. The van der Waals surface area contributed by atoms with Crippen LogP contribution in [0.2, 0.25) is 0 Å². The van der Waals surface area contributed by atoms with Gasteiger partial charge in [0.2, 0.25) is 10.0 Å². The third-order valence-corrected chi connectivity index (χ3v) is 7.21. The van der Waals surface area contributed by atoms with Crippen molar-refractivity contribution < 1.29 is 13.5 Å². The quantitative estimate of drug-likeness (QED) is 0.843. The third-order valence-electron chi connectivity index (χ3n) is 3.28. The Bertz CT molecular complexity index is 512. The molecule has 19 heavy (non-hydrogen) atoms. The van der Waals surface area contributed by atoms with E-state index in [1.54, 1.807) is 11.4 Å². The molecule has 2 N–H and O–H groups in total. The lowest BCUT2D eigenvalue weighted by Crippen LogP contribution is -2.38.